The summed E-state index contributed by atoms with van der Waals surface area (Å²) in [6.45, 7) is 6.67. The molecule has 1 aliphatic heterocycles. The van der Waals surface area contributed by atoms with Crippen LogP contribution in [0.3, 0.4) is 0 Å². The molecule has 2 atom stereocenters. The zero-order valence-electron chi connectivity index (χ0n) is 14.8. The van der Waals surface area contributed by atoms with Crippen LogP contribution in [0.4, 0.5) is 0 Å². The fraction of sp³-hybridized carbons (Fsp3) is 0.632. The van der Waals surface area contributed by atoms with Crippen molar-refractivity contribution < 1.29 is 14.6 Å². The van der Waals surface area contributed by atoms with Crippen molar-refractivity contribution in [1.29, 1.82) is 0 Å². The number of nitrogens with zero attached hydrogens (tertiary/aromatic N) is 1. The molecule has 0 bridgehead atoms. The van der Waals surface area contributed by atoms with E-state index in [-0.39, 0.29) is 18.6 Å². The summed E-state index contributed by atoms with van der Waals surface area (Å²) < 4.78 is 5.64. The maximum absolute atomic E-state index is 11.7. The third kappa shape index (κ3) is 6.49. The van der Waals surface area contributed by atoms with Crippen LogP contribution in [-0.4, -0.2) is 54.3 Å². The lowest BCUT2D eigenvalue weighted by molar-refractivity contribution is -0.122. The largest absolute Gasteiger partial charge is 0.491 e. The van der Waals surface area contributed by atoms with Gasteiger partial charge in [0.1, 0.15) is 18.5 Å². The monoisotopic (exact) mass is 334 g/mol. The first-order chi connectivity index (χ1) is 11.6. The van der Waals surface area contributed by atoms with Gasteiger partial charge >= 0.3 is 0 Å². The first kappa shape index (κ1) is 18.7. The Balaban J connectivity index is 1.71. The Morgan fingerprint density at radius 2 is 2.17 bits per heavy atom. The summed E-state index contributed by atoms with van der Waals surface area (Å²) in [7, 11) is 0. The van der Waals surface area contributed by atoms with Crippen LogP contribution in [-0.2, 0) is 4.79 Å². The fourth-order valence-corrected chi connectivity index (χ4v) is 3.04. The molecule has 1 aliphatic rings. The number of aryl methyl sites for hydroxylation is 1. The quantitative estimate of drug-likeness (QED) is 0.764. The molecule has 2 unspecified atom stereocenters. The van der Waals surface area contributed by atoms with E-state index in [2.05, 4.69) is 10.2 Å². The summed E-state index contributed by atoms with van der Waals surface area (Å²) >= 11 is 0. The topological polar surface area (TPSA) is 61.8 Å². The minimum atomic E-state index is -0.531. The van der Waals surface area contributed by atoms with Crippen molar-refractivity contribution >= 4 is 5.91 Å². The number of ether oxygens (including phenoxy) is 1. The van der Waals surface area contributed by atoms with Gasteiger partial charge in [0, 0.05) is 25.6 Å². The van der Waals surface area contributed by atoms with Gasteiger partial charge in [0.05, 0.1) is 0 Å². The second-order valence-corrected chi connectivity index (χ2v) is 6.69. The number of carbonyl (C=O) groups is 1. The first-order valence-corrected chi connectivity index (χ1v) is 8.96. The molecule has 1 aromatic carbocycles. The smallest absolute Gasteiger partial charge is 0.220 e. The van der Waals surface area contributed by atoms with Crippen molar-refractivity contribution in [2.45, 2.75) is 51.7 Å². The second kappa shape index (κ2) is 9.64. The molecule has 5 heteroatoms. The third-order valence-corrected chi connectivity index (χ3v) is 4.28. The Bertz CT molecular complexity index is 504. The summed E-state index contributed by atoms with van der Waals surface area (Å²) in [6, 6.07) is 8.03. The Morgan fingerprint density at radius 1 is 1.42 bits per heavy atom. The van der Waals surface area contributed by atoms with Gasteiger partial charge in [0.15, 0.2) is 0 Å². The predicted molar refractivity (Wildman–Crippen MR) is 95.2 cm³/mol. The van der Waals surface area contributed by atoms with Crippen LogP contribution in [0.1, 0.15) is 38.2 Å². The number of rotatable bonds is 8. The molecule has 0 radical (unpaired) electrons. The minimum Gasteiger partial charge on any atom is -0.491 e. The number of hydrogen-bond acceptors (Lipinski definition) is 4. The van der Waals surface area contributed by atoms with Crippen molar-refractivity contribution in [3.8, 4) is 5.75 Å². The summed E-state index contributed by atoms with van der Waals surface area (Å²) in [5.74, 6) is 0.913. The van der Waals surface area contributed by atoms with Crippen LogP contribution in [0.15, 0.2) is 24.3 Å². The van der Waals surface area contributed by atoms with E-state index < -0.39 is 6.10 Å². The van der Waals surface area contributed by atoms with Crippen LogP contribution in [0.5, 0.6) is 5.75 Å². The molecular weight excluding hydrogens is 304 g/mol. The van der Waals surface area contributed by atoms with E-state index in [1.54, 1.807) is 0 Å². The van der Waals surface area contributed by atoms with Gasteiger partial charge in [-0.15, -0.1) is 0 Å². The lowest BCUT2D eigenvalue weighted by Crippen LogP contribution is -2.50. The molecule has 134 valence electrons. The van der Waals surface area contributed by atoms with Crippen molar-refractivity contribution in [2.24, 2.45) is 0 Å². The van der Waals surface area contributed by atoms with E-state index in [0.29, 0.717) is 13.0 Å². The molecule has 24 heavy (non-hydrogen) atoms. The summed E-state index contributed by atoms with van der Waals surface area (Å²) in [6.07, 6.45) is 2.99. The number of benzene rings is 1. The van der Waals surface area contributed by atoms with Crippen LogP contribution in [0, 0.1) is 6.92 Å². The molecule has 1 aromatic rings. The van der Waals surface area contributed by atoms with Crippen molar-refractivity contribution in [2.75, 3.05) is 26.2 Å². The first-order valence-electron chi connectivity index (χ1n) is 8.96. The van der Waals surface area contributed by atoms with Gasteiger partial charge in [-0.1, -0.05) is 24.6 Å². The van der Waals surface area contributed by atoms with Gasteiger partial charge in [0.25, 0.3) is 0 Å². The molecule has 2 rings (SSSR count). The molecule has 2 N–H and O–H groups in total. The maximum Gasteiger partial charge on any atom is 0.220 e. The molecule has 1 heterocycles. The Labute approximate surface area is 145 Å². The average Bonchev–Trinajstić information content (AvgIpc) is 2.55. The lowest BCUT2D eigenvalue weighted by atomic mass is 10.0. The highest BCUT2D eigenvalue weighted by molar-refractivity contribution is 5.76. The molecule has 0 aliphatic carbocycles. The Morgan fingerprint density at radius 3 is 2.88 bits per heavy atom. The lowest BCUT2D eigenvalue weighted by Gasteiger charge is -2.34. The number of aliphatic hydroxyl groups excluding tert-OH is 1. The number of aliphatic hydroxyl groups is 1. The van der Waals surface area contributed by atoms with E-state index in [1.165, 1.54) is 5.56 Å². The van der Waals surface area contributed by atoms with E-state index in [1.807, 2.05) is 38.1 Å². The number of piperidine rings is 1. The minimum absolute atomic E-state index is 0.132. The predicted octanol–water partition coefficient (Wildman–Crippen LogP) is 2.12. The SMILES string of the molecule is CCCC(=O)NC1CCCN(CC(O)COc2ccc(C)cc2)C1. The number of amides is 1. The molecule has 0 spiro atoms. The number of hydrogen-bond donors (Lipinski definition) is 2. The normalized spacial score (nSPS) is 19.7. The van der Waals surface area contributed by atoms with Gasteiger partial charge in [-0.2, -0.15) is 0 Å². The van der Waals surface area contributed by atoms with Crippen LogP contribution in [0.2, 0.25) is 0 Å². The van der Waals surface area contributed by atoms with Gasteiger partial charge in [-0.05, 0) is 44.9 Å². The van der Waals surface area contributed by atoms with Gasteiger partial charge in [0.2, 0.25) is 5.91 Å². The maximum atomic E-state index is 11.7. The number of likely N-dealkylation sites (tertiary alicyclic amines) is 1. The van der Waals surface area contributed by atoms with Crippen molar-refractivity contribution in [1.82, 2.24) is 10.2 Å². The highest BCUT2D eigenvalue weighted by Crippen LogP contribution is 2.13. The van der Waals surface area contributed by atoms with Gasteiger partial charge in [-0.25, -0.2) is 0 Å². The van der Waals surface area contributed by atoms with E-state index >= 15 is 0 Å². The summed E-state index contributed by atoms with van der Waals surface area (Å²) in [4.78, 5) is 13.9. The zero-order chi connectivity index (χ0) is 17.4. The molecular formula is C19H30N2O3. The van der Waals surface area contributed by atoms with Gasteiger partial charge in [-0.3, -0.25) is 9.69 Å². The number of nitrogens with one attached hydrogen (secondary N) is 1. The van der Waals surface area contributed by atoms with Crippen molar-refractivity contribution in [3.05, 3.63) is 29.8 Å². The standard InChI is InChI=1S/C19H30N2O3/c1-3-5-19(23)20-16-6-4-11-21(12-16)13-17(22)14-24-18-9-7-15(2)8-10-18/h7-10,16-17,22H,3-6,11-14H2,1-2H3,(H,20,23). The highest BCUT2D eigenvalue weighted by atomic mass is 16.5. The molecule has 0 aromatic heterocycles. The molecule has 1 saturated heterocycles. The van der Waals surface area contributed by atoms with Crippen LogP contribution >= 0.6 is 0 Å². The van der Waals surface area contributed by atoms with Crippen molar-refractivity contribution in [3.63, 3.8) is 0 Å². The molecule has 1 amide bonds. The van der Waals surface area contributed by atoms with E-state index in [9.17, 15) is 9.90 Å². The fourth-order valence-electron chi connectivity index (χ4n) is 3.04. The summed E-state index contributed by atoms with van der Waals surface area (Å²) in [5, 5.41) is 13.3. The van der Waals surface area contributed by atoms with Gasteiger partial charge < -0.3 is 15.2 Å². The Hall–Kier alpha value is -1.59. The number of β-amino-alcohol motifs (C(OH)–C–C–N with tert-alkyl or cyclic N) is 1. The van der Waals surface area contributed by atoms with E-state index in [0.717, 1.165) is 38.1 Å². The third-order valence-electron chi connectivity index (χ3n) is 4.28. The molecule has 5 nitrogen and oxygen atoms in total. The zero-order valence-corrected chi connectivity index (χ0v) is 14.8. The summed E-state index contributed by atoms with van der Waals surface area (Å²) in [5.41, 5.74) is 1.19. The van der Waals surface area contributed by atoms with Crippen LogP contribution in [0.25, 0.3) is 0 Å². The number of carbonyl (C=O) groups excluding carboxylic acids is 1. The van der Waals surface area contributed by atoms with E-state index in [4.69, 9.17) is 4.74 Å². The molecule has 0 saturated carbocycles. The molecule has 1 fully saturated rings. The second-order valence-electron chi connectivity index (χ2n) is 6.69. The highest BCUT2D eigenvalue weighted by Gasteiger charge is 2.23. The Kier molecular flexibility index (Phi) is 7.53. The van der Waals surface area contributed by atoms with Crippen LogP contribution < -0.4 is 10.1 Å². The average molecular weight is 334 g/mol.